The van der Waals surface area contributed by atoms with Crippen molar-refractivity contribution in [2.75, 3.05) is 19.9 Å². The molecular weight excluding hydrogens is 417 g/mol. The third-order valence-electron chi connectivity index (χ3n) is 4.70. The molecule has 32 heavy (non-hydrogen) atoms. The molecular formula is C24H22FNO6. The number of hydrogen-bond acceptors (Lipinski definition) is 6. The van der Waals surface area contributed by atoms with Crippen LogP contribution in [0.5, 0.6) is 23.0 Å². The van der Waals surface area contributed by atoms with Crippen molar-refractivity contribution in [1.82, 2.24) is 5.32 Å². The Hall–Kier alpha value is -3.78. The van der Waals surface area contributed by atoms with E-state index in [1.807, 2.05) is 0 Å². The van der Waals surface area contributed by atoms with E-state index in [9.17, 15) is 14.3 Å². The summed E-state index contributed by atoms with van der Waals surface area (Å²) in [4.78, 5) is 12.4. The minimum absolute atomic E-state index is 0.000739. The molecule has 0 saturated heterocycles. The molecule has 0 aliphatic carbocycles. The molecule has 0 aromatic heterocycles. The zero-order valence-corrected chi connectivity index (χ0v) is 17.1. The van der Waals surface area contributed by atoms with Crippen LogP contribution in [-0.2, 0) is 6.61 Å². The number of fused-ring (bicyclic) bond motifs is 1. The number of aliphatic hydroxyl groups is 1. The van der Waals surface area contributed by atoms with Crippen LogP contribution in [0.15, 0.2) is 66.7 Å². The largest absolute Gasteiger partial charge is 0.491 e. The molecule has 0 fully saturated rings. The van der Waals surface area contributed by atoms with Gasteiger partial charge in [0.2, 0.25) is 6.79 Å². The maximum atomic E-state index is 13.0. The maximum absolute atomic E-state index is 13.0. The Kier molecular flexibility index (Phi) is 6.72. The molecule has 1 aliphatic rings. The lowest BCUT2D eigenvalue weighted by Gasteiger charge is -2.14. The van der Waals surface area contributed by atoms with Crippen LogP contribution in [0.3, 0.4) is 0 Å². The molecule has 7 nitrogen and oxygen atoms in total. The summed E-state index contributed by atoms with van der Waals surface area (Å²) in [6, 6.07) is 17.8. The molecule has 0 saturated carbocycles. The van der Waals surface area contributed by atoms with Crippen molar-refractivity contribution in [1.29, 1.82) is 0 Å². The third kappa shape index (κ3) is 5.67. The normalized spacial score (nSPS) is 12.8. The van der Waals surface area contributed by atoms with E-state index in [1.165, 1.54) is 12.1 Å². The average Bonchev–Trinajstić information content (AvgIpc) is 3.29. The third-order valence-corrected chi connectivity index (χ3v) is 4.70. The van der Waals surface area contributed by atoms with E-state index in [0.717, 1.165) is 5.56 Å². The Bertz CT molecular complexity index is 1070. The molecule has 0 bridgehead atoms. The van der Waals surface area contributed by atoms with Crippen LogP contribution in [0.1, 0.15) is 15.9 Å². The van der Waals surface area contributed by atoms with Gasteiger partial charge in [0.05, 0.1) is 0 Å². The smallest absolute Gasteiger partial charge is 0.251 e. The highest BCUT2D eigenvalue weighted by atomic mass is 19.1. The lowest BCUT2D eigenvalue weighted by atomic mass is 10.2. The van der Waals surface area contributed by atoms with Crippen molar-refractivity contribution in [2.24, 2.45) is 0 Å². The molecule has 1 atom stereocenters. The summed E-state index contributed by atoms with van der Waals surface area (Å²) in [7, 11) is 0. The highest BCUT2D eigenvalue weighted by Gasteiger charge is 2.15. The summed E-state index contributed by atoms with van der Waals surface area (Å²) < 4.78 is 34.7. The van der Waals surface area contributed by atoms with Gasteiger partial charge in [0, 0.05) is 18.2 Å². The zero-order chi connectivity index (χ0) is 22.3. The summed E-state index contributed by atoms with van der Waals surface area (Å²) in [5.41, 5.74) is 1.21. The minimum Gasteiger partial charge on any atom is -0.491 e. The van der Waals surface area contributed by atoms with Crippen LogP contribution < -0.4 is 24.3 Å². The quantitative estimate of drug-likeness (QED) is 0.532. The van der Waals surface area contributed by atoms with Crippen molar-refractivity contribution >= 4 is 5.91 Å². The van der Waals surface area contributed by atoms with E-state index in [0.29, 0.717) is 28.6 Å². The molecule has 166 valence electrons. The number of hydrogen-bond donors (Lipinski definition) is 2. The first-order valence-corrected chi connectivity index (χ1v) is 10.0. The summed E-state index contributed by atoms with van der Waals surface area (Å²) in [6.45, 7) is 0.442. The van der Waals surface area contributed by atoms with Crippen LogP contribution >= 0.6 is 0 Å². The number of rotatable bonds is 9. The van der Waals surface area contributed by atoms with E-state index in [4.69, 9.17) is 18.9 Å². The highest BCUT2D eigenvalue weighted by Crippen LogP contribution is 2.35. The number of ether oxygens (including phenoxy) is 4. The van der Waals surface area contributed by atoms with E-state index < -0.39 is 6.10 Å². The van der Waals surface area contributed by atoms with E-state index >= 15 is 0 Å². The molecule has 1 unspecified atom stereocenters. The van der Waals surface area contributed by atoms with Crippen LogP contribution in [0, 0.1) is 5.82 Å². The molecule has 4 rings (SSSR count). The van der Waals surface area contributed by atoms with Gasteiger partial charge in [-0.2, -0.15) is 0 Å². The highest BCUT2D eigenvalue weighted by molar-refractivity contribution is 5.94. The Morgan fingerprint density at radius 1 is 1.00 bits per heavy atom. The number of halogens is 1. The molecule has 1 aliphatic heterocycles. The van der Waals surface area contributed by atoms with Gasteiger partial charge in [-0.3, -0.25) is 4.79 Å². The summed E-state index contributed by atoms with van der Waals surface area (Å²) in [6.07, 6.45) is -0.901. The second-order valence-electron chi connectivity index (χ2n) is 7.13. The van der Waals surface area contributed by atoms with Gasteiger partial charge < -0.3 is 29.4 Å². The zero-order valence-electron chi connectivity index (χ0n) is 17.1. The Labute approximate surface area is 184 Å². The van der Waals surface area contributed by atoms with E-state index in [-0.39, 0.29) is 38.3 Å². The molecule has 3 aromatic carbocycles. The first kappa shape index (κ1) is 21.5. The van der Waals surface area contributed by atoms with Gasteiger partial charge in [0.1, 0.15) is 36.6 Å². The molecule has 3 aromatic rings. The second-order valence-corrected chi connectivity index (χ2v) is 7.13. The van der Waals surface area contributed by atoms with Gasteiger partial charge in [-0.15, -0.1) is 0 Å². The van der Waals surface area contributed by atoms with Crippen molar-refractivity contribution in [2.45, 2.75) is 12.7 Å². The van der Waals surface area contributed by atoms with Crippen molar-refractivity contribution in [3.05, 3.63) is 83.7 Å². The van der Waals surface area contributed by atoms with Crippen LogP contribution in [0.2, 0.25) is 0 Å². The lowest BCUT2D eigenvalue weighted by Crippen LogP contribution is -2.35. The number of carbonyl (C=O) groups is 1. The Balaban J connectivity index is 1.23. The standard InChI is InChI=1S/C24H22FNO6/c25-18-6-4-16(5-7-18)13-29-20-3-1-2-17(10-20)24(28)26-12-19(27)14-30-21-8-9-22-23(11-21)32-15-31-22/h1-11,19,27H,12-15H2,(H,26,28). The van der Waals surface area contributed by atoms with Crippen LogP contribution in [0.25, 0.3) is 0 Å². The number of amides is 1. The molecule has 8 heteroatoms. The number of nitrogens with one attached hydrogen (secondary N) is 1. The first-order valence-electron chi connectivity index (χ1n) is 10.0. The fourth-order valence-corrected chi connectivity index (χ4v) is 3.00. The summed E-state index contributed by atoms with van der Waals surface area (Å²) in [5, 5.41) is 12.8. The van der Waals surface area contributed by atoms with Gasteiger partial charge in [0.25, 0.3) is 5.91 Å². The number of aliphatic hydroxyl groups excluding tert-OH is 1. The number of carbonyl (C=O) groups excluding carboxylic acids is 1. The maximum Gasteiger partial charge on any atom is 0.251 e. The van der Waals surface area contributed by atoms with Crippen molar-refractivity contribution < 1.29 is 33.2 Å². The van der Waals surface area contributed by atoms with Crippen LogP contribution in [-0.4, -0.2) is 37.1 Å². The topological polar surface area (TPSA) is 86.3 Å². The van der Waals surface area contributed by atoms with E-state index in [1.54, 1.807) is 54.6 Å². The molecule has 2 N–H and O–H groups in total. The summed E-state index contributed by atoms with van der Waals surface area (Å²) >= 11 is 0. The lowest BCUT2D eigenvalue weighted by molar-refractivity contribution is 0.0843. The second kappa shape index (κ2) is 10.0. The average molecular weight is 439 g/mol. The number of benzene rings is 3. The predicted octanol–water partition coefficient (Wildman–Crippen LogP) is 3.30. The van der Waals surface area contributed by atoms with Crippen molar-refractivity contribution in [3.8, 4) is 23.0 Å². The molecule has 0 radical (unpaired) electrons. The fourth-order valence-electron chi connectivity index (χ4n) is 3.00. The Morgan fingerprint density at radius 3 is 2.62 bits per heavy atom. The SMILES string of the molecule is O=C(NCC(O)COc1ccc2c(c1)OCO2)c1cccc(OCc2ccc(F)cc2)c1. The van der Waals surface area contributed by atoms with Gasteiger partial charge in [-0.25, -0.2) is 4.39 Å². The molecule has 0 spiro atoms. The van der Waals surface area contributed by atoms with Gasteiger partial charge in [-0.1, -0.05) is 18.2 Å². The molecule has 1 heterocycles. The van der Waals surface area contributed by atoms with Gasteiger partial charge in [0.15, 0.2) is 11.5 Å². The fraction of sp³-hybridized carbons (Fsp3) is 0.208. The van der Waals surface area contributed by atoms with Gasteiger partial charge >= 0.3 is 0 Å². The molecule has 1 amide bonds. The predicted molar refractivity (Wildman–Crippen MR) is 114 cm³/mol. The van der Waals surface area contributed by atoms with Gasteiger partial charge in [-0.05, 0) is 48.0 Å². The monoisotopic (exact) mass is 439 g/mol. The first-order chi connectivity index (χ1) is 15.6. The van der Waals surface area contributed by atoms with Crippen molar-refractivity contribution in [3.63, 3.8) is 0 Å². The summed E-state index contributed by atoms with van der Waals surface area (Å²) in [5.74, 6) is 1.62. The van der Waals surface area contributed by atoms with E-state index in [2.05, 4.69) is 5.32 Å². The Morgan fingerprint density at radius 2 is 1.78 bits per heavy atom. The van der Waals surface area contributed by atoms with Crippen LogP contribution in [0.4, 0.5) is 4.39 Å². The minimum atomic E-state index is -0.901.